The Bertz CT molecular complexity index is 657. The molecule has 3 saturated carbocycles. The highest BCUT2D eigenvalue weighted by Crippen LogP contribution is 2.54. The number of nitrogens with one attached hydrogen (secondary N) is 2. The van der Waals surface area contributed by atoms with Gasteiger partial charge in [-0.1, -0.05) is 11.6 Å². The summed E-state index contributed by atoms with van der Waals surface area (Å²) < 4.78 is 5.80. The van der Waals surface area contributed by atoms with E-state index in [2.05, 4.69) is 10.6 Å². The Labute approximate surface area is 140 Å². The highest BCUT2D eigenvalue weighted by atomic mass is 35.5. The first-order chi connectivity index (χ1) is 10.9. The van der Waals surface area contributed by atoms with Gasteiger partial charge in [0.2, 0.25) is 0 Å². The molecule has 3 N–H and O–H groups in total. The van der Waals surface area contributed by atoms with Crippen molar-refractivity contribution in [1.82, 2.24) is 10.6 Å². The maximum absolute atomic E-state index is 12.6. The first-order valence-corrected chi connectivity index (χ1v) is 8.47. The second-order valence-corrected chi connectivity index (χ2v) is 7.63. The van der Waals surface area contributed by atoms with Crippen molar-refractivity contribution < 1.29 is 14.6 Å². The summed E-state index contributed by atoms with van der Waals surface area (Å²) in [6, 6.07) is 5.11. The van der Waals surface area contributed by atoms with Gasteiger partial charge < -0.3 is 20.5 Å². The number of rotatable bonds is 3. The molecular weight excluding hydrogens is 316 g/mol. The fraction of sp³-hybridized carbons (Fsp3) is 0.588. The number of aliphatic hydroxyl groups excluding tert-OH is 1. The third-order valence-corrected chi connectivity index (χ3v) is 5.92. The van der Waals surface area contributed by atoms with E-state index in [1.807, 2.05) is 7.05 Å². The van der Waals surface area contributed by atoms with Crippen LogP contribution >= 0.6 is 11.6 Å². The summed E-state index contributed by atoms with van der Waals surface area (Å²) in [5.41, 5.74) is 0.775. The van der Waals surface area contributed by atoms with Gasteiger partial charge in [0.25, 0.3) is 5.91 Å². The summed E-state index contributed by atoms with van der Waals surface area (Å²) in [7, 11) is 1.99. The third-order valence-electron chi connectivity index (χ3n) is 5.68. The Morgan fingerprint density at radius 3 is 2.78 bits per heavy atom. The van der Waals surface area contributed by atoms with Gasteiger partial charge in [0.15, 0.2) is 6.10 Å². The minimum Gasteiger partial charge on any atom is -0.480 e. The molecule has 2 bridgehead atoms. The lowest BCUT2D eigenvalue weighted by molar-refractivity contribution is -0.133. The van der Waals surface area contributed by atoms with Crippen molar-refractivity contribution in [2.75, 3.05) is 7.05 Å². The number of carbonyl (C=O) groups is 1. The normalized spacial score (nSPS) is 37.5. The largest absolute Gasteiger partial charge is 0.480 e. The number of hydrogen-bond donors (Lipinski definition) is 3. The number of hydrogen-bond acceptors (Lipinski definition) is 4. The number of amides is 1. The molecule has 5 nitrogen and oxygen atoms in total. The second kappa shape index (κ2) is 5.10. The molecule has 1 aliphatic heterocycles. The molecule has 1 heterocycles. The minimum absolute atomic E-state index is 0.0886. The molecule has 0 aromatic heterocycles. The number of fused-ring (bicyclic) bond motifs is 2. The molecule has 2 atom stereocenters. The maximum Gasteiger partial charge on any atom is 0.261 e. The molecule has 1 aromatic rings. The van der Waals surface area contributed by atoms with E-state index in [9.17, 15) is 9.90 Å². The topological polar surface area (TPSA) is 70.6 Å². The molecule has 23 heavy (non-hydrogen) atoms. The average molecular weight is 337 g/mol. The minimum atomic E-state index is -0.730. The summed E-state index contributed by atoms with van der Waals surface area (Å²) >= 11 is 5.95. The van der Waals surface area contributed by atoms with E-state index in [-0.39, 0.29) is 23.4 Å². The van der Waals surface area contributed by atoms with E-state index >= 15 is 0 Å². The quantitative estimate of drug-likeness (QED) is 0.788. The molecule has 0 radical (unpaired) electrons. The predicted molar refractivity (Wildman–Crippen MR) is 86.6 cm³/mol. The molecule has 3 fully saturated rings. The molecule has 0 saturated heterocycles. The van der Waals surface area contributed by atoms with Gasteiger partial charge in [-0.15, -0.1) is 0 Å². The summed E-state index contributed by atoms with van der Waals surface area (Å²) in [5.74, 6) is 0.409. The van der Waals surface area contributed by atoms with Crippen molar-refractivity contribution in [1.29, 1.82) is 0 Å². The van der Waals surface area contributed by atoms with Crippen LogP contribution in [0.4, 0.5) is 0 Å². The average Bonchev–Trinajstić information content (AvgIpc) is 3.03. The zero-order valence-electron chi connectivity index (χ0n) is 13.1. The van der Waals surface area contributed by atoms with Gasteiger partial charge in [-0.05, 0) is 50.9 Å². The van der Waals surface area contributed by atoms with Crippen molar-refractivity contribution in [2.45, 2.75) is 55.4 Å². The zero-order chi connectivity index (χ0) is 16.2. The first kappa shape index (κ1) is 15.2. The lowest BCUT2D eigenvalue weighted by atomic mass is 9.71. The summed E-state index contributed by atoms with van der Waals surface area (Å²) in [4.78, 5) is 12.6. The van der Waals surface area contributed by atoms with Crippen LogP contribution in [-0.2, 0) is 4.79 Å². The molecular formula is C17H21ClN2O3. The van der Waals surface area contributed by atoms with Gasteiger partial charge in [0.1, 0.15) is 5.75 Å². The van der Waals surface area contributed by atoms with Gasteiger partial charge >= 0.3 is 0 Å². The summed E-state index contributed by atoms with van der Waals surface area (Å²) in [6.45, 7) is 0. The van der Waals surface area contributed by atoms with E-state index in [0.717, 1.165) is 25.7 Å². The Hall–Kier alpha value is -1.30. The van der Waals surface area contributed by atoms with Gasteiger partial charge in [-0.25, -0.2) is 0 Å². The van der Waals surface area contributed by atoms with Crippen LogP contribution < -0.4 is 15.4 Å². The molecule has 3 aliphatic carbocycles. The van der Waals surface area contributed by atoms with E-state index in [0.29, 0.717) is 16.3 Å². The van der Waals surface area contributed by atoms with Crippen LogP contribution in [0.1, 0.15) is 43.8 Å². The van der Waals surface area contributed by atoms with Crippen LogP contribution in [0.15, 0.2) is 18.2 Å². The molecule has 124 valence electrons. The Morgan fingerprint density at radius 1 is 1.35 bits per heavy atom. The van der Waals surface area contributed by atoms with Crippen molar-refractivity contribution >= 4 is 17.5 Å². The molecule has 2 unspecified atom stereocenters. The lowest BCUT2D eigenvalue weighted by Crippen LogP contribution is -2.64. The third kappa shape index (κ3) is 2.42. The van der Waals surface area contributed by atoms with E-state index < -0.39 is 12.2 Å². The van der Waals surface area contributed by atoms with Gasteiger partial charge in [-0.2, -0.15) is 0 Å². The van der Waals surface area contributed by atoms with Crippen LogP contribution in [0.25, 0.3) is 0 Å². The molecule has 5 rings (SSSR count). The zero-order valence-corrected chi connectivity index (χ0v) is 13.8. The second-order valence-electron chi connectivity index (χ2n) is 7.19. The first-order valence-electron chi connectivity index (χ1n) is 8.09. The Kier molecular flexibility index (Phi) is 3.38. The monoisotopic (exact) mass is 336 g/mol. The highest BCUT2D eigenvalue weighted by Gasteiger charge is 2.61. The Balaban J connectivity index is 1.46. The Morgan fingerprint density at radius 2 is 2.09 bits per heavy atom. The molecule has 4 aliphatic rings. The smallest absolute Gasteiger partial charge is 0.261 e. The standard InChI is InChI=1S/C17H21ClN2O3/c1-19-16-4-5-17(8-16,9-16)20-15(22)14-7-12(21)11-6-10(18)2-3-13(11)23-14/h2-3,6,12,14,19,21H,4-5,7-9H2,1H3,(H,20,22). The van der Waals surface area contributed by atoms with Crippen molar-refractivity contribution in [3.63, 3.8) is 0 Å². The molecule has 1 aromatic carbocycles. The van der Waals surface area contributed by atoms with Crippen LogP contribution in [-0.4, -0.2) is 35.2 Å². The summed E-state index contributed by atoms with van der Waals surface area (Å²) in [6.07, 6.45) is 2.92. The lowest BCUT2D eigenvalue weighted by Gasteiger charge is -2.48. The van der Waals surface area contributed by atoms with E-state index in [1.54, 1.807) is 18.2 Å². The SMILES string of the molecule is CNC12CCC(NC(=O)C3CC(O)c4cc(Cl)ccc4O3)(C1)C2. The van der Waals surface area contributed by atoms with Gasteiger partial charge in [-0.3, -0.25) is 4.79 Å². The number of carbonyl (C=O) groups excluding carboxylic acids is 1. The van der Waals surface area contributed by atoms with Crippen LogP contribution in [0, 0.1) is 0 Å². The van der Waals surface area contributed by atoms with Crippen LogP contribution in [0.3, 0.4) is 0 Å². The van der Waals surface area contributed by atoms with Crippen molar-refractivity contribution in [2.24, 2.45) is 0 Å². The highest BCUT2D eigenvalue weighted by molar-refractivity contribution is 6.30. The molecule has 1 amide bonds. The fourth-order valence-electron chi connectivity index (χ4n) is 4.45. The number of ether oxygens (including phenoxy) is 1. The number of aliphatic hydroxyl groups is 1. The molecule has 0 spiro atoms. The summed E-state index contributed by atoms with van der Waals surface area (Å²) in [5, 5.41) is 17.4. The van der Waals surface area contributed by atoms with Crippen molar-refractivity contribution in [3.05, 3.63) is 28.8 Å². The van der Waals surface area contributed by atoms with Gasteiger partial charge in [0.05, 0.1) is 6.10 Å². The maximum atomic E-state index is 12.6. The van der Waals surface area contributed by atoms with Crippen LogP contribution in [0.5, 0.6) is 5.75 Å². The van der Waals surface area contributed by atoms with E-state index in [1.165, 1.54) is 0 Å². The van der Waals surface area contributed by atoms with Crippen molar-refractivity contribution in [3.8, 4) is 5.75 Å². The van der Waals surface area contributed by atoms with Crippen LogP contribution in [0.2, 0.25) is 5.02 Å². The number of benzene rings is 1. The van der Waals surface area contributed by atoms with E-state index in [4.69, 9.17) is 16.3 Å². The van der Waals surface area contributed by atoms with Gasteiger partial charge in [0, 0.05) is 28.1 Å². The molecule has 6 heteroatoms. The fourth-order valence-corrected chi connectivity index (χ4v) is 4.63. The number of halogens is 1. The predicted octanol–water partition coefficient (Wildman–Crippen LogP) is 1.93.